The van der Waals surface area contributed by atoms with Crippen LogP contribution in [0.2, 0.25) is 0 Å². The van der Waals surface area contributed by atoms with Gasteiger partial charge in [0.05, 0.1) is 5.71 Å². The summed E-state index contributed by atoms with van der Waals surface area (Å²) in [6.45, 7) is 12.6. The largest absolute Gasteiger partial charge is 0.417 e. The number of carbonyl (C=O) groups excluding carboxylic acids is 3. The van der Waals surface area contributed by atoms with E-state index in [1.807, 2.05) is 36.4 Å². The molecule has 6 heteroatoms. The number of Topliss-reactive ketones (excluding diaryl/α,β-unsaturated/α-hetero) is 2. The summed E-state index contributed by atoms with van der Waals surface area (Å²) in [6.07, 6.45) is 15.1. The normalized spacial score (nSPS) is 13.5. The summed E-state index contributed by atoms with van der Waals surface area (Å²) >= 11 is 0. The third-order valence-corrected chi connectivity index (χ3v) is 8.38. The van der Waals surface area contributed by atoms with E-state index in [4.69, 9.17) is 16.6 Å². The van der Waals surface area contributed by atoms with Gasteiger partial charge in [-0.25, -0.2) is 0 Å². The molecule has 44 heavy (non-hydrogen) atoms. The van der Waals surface area contributed by atoms with E-state index in [1.54, 1.807) is 13.0 Å². The molecule has 0 saturated carbocycles. The number of ketones is 2. The molecule has 6 nitrogen and oxygen atoms in total. The highest BCUT2D eigenvalue weighted by molar-refractivity contribution is 6.45. The lowest BCUT2D eigenvalue weighted by Crippen LogP contribution is -2.14. The number of fused-ring (bicyclic) bond motifs is 3. The molecule has 0 saturated heterocycles. The van der Waals surface area contributed by atoms with Crippen LogP contribution in [0.5, 0.6) is 0 Å². The quantitative estimate of drug-likeness (QED) is 0.0262. The fourth-order valence-corrected chi connectivity index (χ4v) is 5.56. The van der Waals surface area contributed by atoms with Crippen LogP contribution in [0.25, 0.3) is 21.8 Å². The van der Waals surface area contributed by atoms with Gasteiger partial charge in [0.2, 0.25) is 5.78 Å². The number of benzene rings is 2. The van der Waals surface area contributed by atoms with E-state index in [9.17, 15) is 14.4 Å². The molecule has 232 valence electrons. The number of nitrogens with zero attached hydrogens (tertiary/aromatic N) is 1. The molecule has 2 aromatic carbocycles. The molecular weight excluding hydrogens is 548 g/mol. The molecule has 1 heterocycles. The summed E-state index contributed by atoms with van der Waals surface area (Å²) in [6, 6.07) is 11.4. The predicted molar refractivity (Wildman–Crippen MR) is 180 cm³/mol. The Morgan fingerprint density at radius 1 is 0.932 bits per heavy atom. The van der Waals surface area contributed by atoms with Gasteiger partial charge in [0.1, 0.15) is 0 Å². The first-order chi connectivity index (χ1) is 21.0. The number of hydrogen-bond acceptors (Lipinski definition) is 5. The summed E-state index contributed by atoms with van der Waals surface area (Å²) in [7, 11) is 0. The van der Waals surface area contributed by atoms with E-state index < -0.39 is 5.97 Å². The lowest BCUT2D eigenvalue weighted by molar-refractivity contribution is -0.136. The number of nitrogens with one attached hydrogen (secondary N) is 1. The predicted octanol–water partition coefficient (Wildman–Crippen LogP) is 9.25. The first-order valence-corrected chi connectivity index (χ1v) is 15.8. The van der Waals surface area contributed by atoms with E-state index in [-0.39, 0.29) is 23.0 Å². The second-order valence-electron chi connectivity index (χ2n) is 11.8. The molecule has 0 radical (unpaired) electrons. The lowest BCUT2D eigenvalue weighted by Gasteiger charge is -2.21. The number of allylic oxidation sites excluding steroid dienone is 4. The number of ether oxygens (including phenoxy) is 1. The van der Waals surface area contributed by atoms with Crippen molar-refractivity contribution >= 4 is 45.1 Å². The van der Waals surface area contributed by atoms with Crippen LogP contribution < -0.4 is 0 Å². The Kier molecular flexibility index (Phi) is 12.5. The maximum atomic E-state index is 13.5. The average molecular weight is 595 g/mol. The molecule has 0 bridgehead atoms. The monoisotopic (exact) mass is 594 g/mol. The van der Waals surface area contributed by atoms with Crippen LogP contribution in [0.3, 0.4) is 0 Å². The van der Waals surface area contributed by atoms with Gasteiger partial charge in [0.25, 0.3) is 0 Å². The highest BCUT2D eigenvalue weighted by Gasteiger charge is 2.20. The van der Waals surface area contributed by atoms with Gasteiger partial charge in [0.15, 0.2) is 11.5 Å². The van der Waals surface area contributed by atoms with Crippen molar-refractivity contribution in [3.63, 3.8) is 0 Å². The van der Waals surface area contributed by atoms with Gasteiger partial charge >= 0.3 is 5.97 Å². The van der Waals surface area contributed by atoms with E-state index in [2.05, 4.69) is 38.2 Å². The minimum Gasteiger partial charge on any atom is -0.417 e. The minimum atomic E-state index is -0.531. The lowest BCUT2D eigenvalue weighted by atomic mass is 9.92. The van der Waals surface area contributed by atoms with Crippen LogP contribution in [0.1, 0.15) is 107 Å². The van der Waals surface area contributed by atoms with Gasteiger partial charge in [-0.1, -0.05) is 59.5 Å². The highest BCUT2D eigenvalue weighted by Crippen LogP contribution is 2.33. The first kappa shape index (κ1) is 34.3. The van der Waals surface area contributed by atoms with Gasteiger partial charge in [-0.05, 0) is 92.0 Å². The summed E-state index contributed by atoms with van der Waals surface area (Å²) in [5, 5.41) is 10.2. The van der Waals surface area contributed by atoms with Crippen molar-refractivity contribution in [2.75, 3.05) is 0 Å². The smallest absolute Gasteiger partial charge is 0.308 e. The summed E-state index contributed by atoms with van der Waals surface area (Å²) < 4.78 is 7.29. The summed E-state index contributed by atoms with van der Waals surface area (Å²) in [4.78, 5) is 38.0. The van der Waals surface area contributed by atoms with Crippen LogP contribution in [0.4, 0.5) is 0 Å². The molecule has 0 fully saturated rings. The molecule has 2 unspecified atom stereocenters. The third-order valence-electron chi connectivity index (χ3n) is 8.38. The average Bonchev–Trinajstić information content (AvgIpc) is 3.33. The molecular formula is C38H46N2O4. The van der Waals surface area contributed by atoms with Gasteiger partial charge < -0.3 is 14.7 Å². The molecule has 0 spiro atoms. The number of terminal acetylenes is 1. The maximum Gasteiger partial charge on any atom is 0.308 e. The third kappa shape index (κ3) is 8.44. The van der Waals surface area contributed by atoms with Gasteiger partial charge in [0, 0.05) is 46.4 Å². The van der Waals surface area contributed by atoms with Crippen LogP contribution in [0.15, 0.2) is 59.9 Å². The Morgan fingerprint density at radius 2 is 1.55 bits per heavy atom. The molecule has 2 atom stereocenters. The van der Waals surface area contributed by atoms with Gasteiger partial charge in [-0.15, -0.1) is 6.42 Å². The second-order valence-corrected chi connectivity index (χ2v) is 11.8. The number of esters is 1. The van der Waals surface area contributed by atoms with Crippen LogP contribution in [0, 0.1) is 29.6 Å². The summed E-state index contributed by atoms with van der Waals surface area (Å²) in [5.41, 5.74) is 3.58. The van der Waals surface area contributed by atoms with E-state index in [1.165, 1.54) is 13.0 Å². The number of rotatable bonds is 16. The minimum absolute atomic E-state index is 0.0310. The number of carbonyl (C=O) groups is 3. The Hall–Kier alpha value is -4.24. The molecule has 0 aliphatic rings. The molecule has 0 aliphatic heterocycles. The molecule has 0 aliphatic carbocycles. The van der Waals surface area contributed by atoms with Crippen molar-refractivity contribution in [1.29, 1.82) is 5.41 Å². The van der Waals surface area contributed by atoms with E-state index in [0.717, 1.165) is 66.9 Å². The van der Waals surface area contributed by atoms with Crippen LogP contribution in [-0.2, 0) is 16.1 Å². The van der Waals surface area contributed by atoms with Gasteiger partial charge in [-0.3, -0.25) is 14.4 Å². The number of unbranched alkanes of at least 4 members (excludes halogenated alkanes) is 2. The zero-order chi connectivity index (χ0) is 32.4. The van der Waals surface area contributed by atoms with Crippen LogP contribution in [-0.4, -0.2) is 27.8 Å². The fourth-order valence-electron chi connectivity index (χ4n) is 5.56. The van der Waals surface area contributed by atoms with Crippen molar-refractivity contribution in [3.05, 3.63) is 71.0 Å². The van der Waals surface area contributed by atoms with E-state index in [0.29, 0.717) is 35.0 Å². The molecule has 3 aromatic rings. The zero-order valence-electron chi connectivity index (χ0n) is 27.1. The number of aromatic nitrogens is 1. The molecule has 1 aromatic heterocycles. The topological polar surface area (TPSA) is 89.2 Å². The Bertz CT molecular complexity index is 1650. The Balaban J connectivity index is 2.12. The zero-order valence-corrected chi connectivity index (χ0v) is 27.1. The molecule has 1 N–H and O–H groups in total. The van der Waals surface area contributed by atoms with Crippen LogP contribution >= 0.6 is 0 Å². The number of hydrogen-bond donors (Lipinski definition) is 1. The second kappa shape index (κ2) is 16.0. The Labute approximate surface area is 262 Å². The highest BCUT2D eigenvalue weighted by atomic mass is 16.5. The SMILES string of the molecule is C#C/C(=C\C=C(/C)C(=O)c1ccc2c(c1)c1cc(C(=O)C(=N)CCCCC)ccc1n2CC(CC)CC(C)CC)OC(C)=O. The maximum absolute atomic E-state index is 13.5. The molecule has 3 rings (SSSR count). The van der Waals surface area contributed by atoms with Crippen molar-refractivity contribution in [1.82, 2.24) is 4.57 Å². The van der Waals surface area contributed by atoms with Crippen molar-refractivity contribution in [2.45, 2.75) is 93.0 Å². The van der Waals surface area contributed by atoms with Crippen molar-refractivity contribution in [2.24, 2.45) is 11.8 Å². The van der Waals surface area contributed by atoms with Gasteiger partial charge in [-0.2, -0.15) is 0 Å². The summed E-state index contributed by atoms with van der Waals surface area (Å²) in [5.74, 6) is 2.48. The Morgan fingerprint density at radius 3 is 2.07 bits per heavy atom. The van der Waals surface area contributed by atoms with Crippen molar-refractivity contribution in [3.8, 4) is 12.3 Å². The molecule has 0 amide bonds. The first-order valence-electron chi connectivity index (χ1n) is 15.8. The fraction of sp³-hybridized carbons (Fsp3) is 0.421. The van der Waals surface area contributed by atoms with Crippen molar-refractivity contribution < 1.29 is 19.1 Å². The standard InChI is InChI=1S/C38H46N2O4/c1-8-12-13-14-34(39)38(43)30-17-20-36-33(23-30)32-22-29(37(42)26(6)15-18-31(11-4)44-27(7)41)16-19-35(32)40(36)24-28(10-3)21-25(5)9-2/h4,15-20,22-23,25,28,39H,8-10,12-14,21,24H2,1-3,5-7H3/b26-15+,31-18+,39-34?. The van der Waals surface area contributed by atoms with E-state index >= 15 is 0 Å².